The Morgan fingerprint density at radius 3 is 2.50 bits per heavy atom. The fourth-order valence-corrected chi connectivity index (χ4v) is 5.16. The molecular formula is C21H28FNO3. The molecular weight excluding hydrogens is 333 g/mol. The van der Waals surface area contributed by atoms with Crippen LogP contribution >= 0.6 is 0 Å². The van der Waals surface area contributed by atoms with E-state index < -0.39 is 5.60 Å². The van der Waals surface area contributed by atoms with E-state index in [4.69, 9.17) is 4.74 Å². The average molecular weight is 361 g/mol. The Morgan fingerprint density at radius 2 is 1.92 bits per heavy atom. The third kappa shape index (κ3) is 3.11. The van der Waals surface area contributed by atoms with Gasteiger partial charge in [-0.2, -0.15) is 0 Å². The van der Waals surface area contributed by atoms with Crippen molar-refractivity contribution in [3.8, 4) is 5.75 Å². The molecule has 1 aromatic rings. The summed E-state index contributed by atoms with van der Waals surface area (Å²) in [5.41, 5.74) is 0.793. The normalized spacial score (nSPS) is 30.6. The van der Waals surface area contributed by atoms with Crippen molar-refractivity contribution in [3.05, 3.63) is 29.6 Å². The Labute approximate surface area is 154 Å². The van der Waals surface area contributed by atoms with Gasteiger partial charge in [0.1, 0.15) is 0 Å². The zero-order valence-electron chi connectivity index (χ0n) is 15.6. The number of methoxy groups -OCH3 is 1. The molecule has 0 atom stereocenters. The average Bonchev–Trinajstić information content (AvgIpc) is 2.57. The van der Waals surface area contributed by atoms with Crippen molar-refractivity contribution in [2.45, 2.75) is 57.0 Å². The second kappa shape index (κ2) is 6.22. The monoisotopic (exact) mass is 361 g/mol. The molecule has 0 aromatic heterocycles. The molecule has 1 aliphatic heterocycles. The largest absolute Gasteiger partial charge is 0.494 e. The molecule has 5 heteroatoms. The number of carbonyl (C=O) groups is 1. The Kier molecular flexibility index (Phi) is 4.25. The minimum absolute atomic E-state index is 0.0189. The predicted octanol–water partition coefficient (Wildman–Crippen LogP) is 3.48. The molecule has 0 radical (unpaired) electrons. The molecule has 3 aliphatic rings. The third-order valence-corrected chi connectivity index (χ3v) is 6.78. The first-order valence-electron chi connectivity index (χ1n) is 9.65. The lowest BCUT2D eigenvalue weighted by Crippen LogP contribution is -2.62. The quantitative estimate of drug-likeness (QED) is 0.897. The van der Waals surface area contributed by atoms with Gasteiger partial charge in [-0.15, -0.1) is 0 Å². The van der Waals surface area contributed by atoms with E-state index in [-0.39, 0.29) is 23.1 Å². The molecule has 0 unspecified atom stereocenters. The minimum atomic E-state index is -0.642. The van der Waals surface area contributed by atoms with Crippen molar-refractivity contribution < 1.29 is 19.0 Å². The summed E-state index contributed by atoms with van der Waals surface area (Å²) in [7, 11) is 1.50. The number of carbonyl (C=O) groups excluding carboxylic acids is 1. The van der Waals surface area contributed by atoms with E-state index in [1.807, 2.05) is 17.0 Å². The SMILES string of the molecule is COc1cc(C2CCC3(CC2)CN(C(=O)C2CC(C)(O)C2)C3)ccc1F. The van der Waals surface area contributed by atoms with Crippen LogP contribution in [-0.2, 0) is 4.79 Å². The van der Waals surface area contributed by atoms with Crippen molar-refractivity contribution in [2.75, 3.05) is 20.2 Å². The molecule has 26 heavy (non-hydrogen) atoms. The highest BCUT2D eigenvalue weighted by Gasteiger charge is 2.51. The van der Waals surface area contributed by atoms with Crippen molar-refractivity contribution in [2.24, 2.45) is 11.3 Å². The molecule has 1 spiro atoms. The summed E-state index contributed by atoms with van der Waals surface area (Å²) in [6.45, 7) is 3.54. The summed E-state index contributed by atoms with van der Waals surface area (Å²) in [4.78, 5) is 14.5. The van der Waals surface area contributed by atoms with E-state index in [0.29, 0.717) is 24.5 Å². The van der Waals surface area contributed by atoms with Crippen molar-refractivity contribution in [1.82, 2.24) is 4.90 Å². The van der Waals surface area contributed by atoms with E-state index in [0.717, 1.165) is 44.3 Å². The van der Waals surface area contributed by atoms with Crippen LogP contribution in [0.1, 0.15) is 56.9 Å². The molecule has 1 N–H and O–H groups in total. The summed E-state index contributed by atoms with van der Waals surface area (Å²) in [5, 5.41) is 9.84. The van der Waals surface area contributed by atoms with Crippen LogP contribution in [0, 0.1) is 17.2 Å². The molecule has 4 rings (SSSR count). The van der Waals surface area contributed by atoms with Gasteiger partial charge >= 0.3 is 0 Å². The van der Waals surface area contributed by atoms with Crippen molar-refractivity contribution in [3.63, 3.8) is 0 Å². The Bertz CT molecular complexity index is 693. The molecule has 2 saturated carbocycles. The minimum Gasteiger partial charge on any atom is -0.494 e. The fourth-order valence-electron chi connectivity index (χ4n) is 5.16. The van der Waals surface area contributed by atoms with E-state index in [1.165, 1.54) is 13.2 Å². The predicted molar refractivity (Wildman–Crippen MR) is 96.5 cm³/mol. The van der Waals surface area contributed by atoms with Gasteiger partial charge in [0, 0.05) is 24.4 Å². The topological polar surface area (TPSA) is 49.8 Å². The lowest BCUT2D eigenvalue weighted by molar-refractivity contribution is -0.163. The van der Waals surface area contributed by atoms with Crippen LogP contribution in [0.5, 0.6) is 5.75 Å². The lowest BCUT2D eigenvalue weighted by atomic mass is 9.63. The molecule has 4 nitrogen and oxygen atoms in total. The number of likely N-dealkylation sites (tertiary alicyclic amines) is 1. The first-order valence-corrected chi connectivity index (χ1v) is 9.65. The van der Waals surface area contributed by atoms with Crippen LogP contribution in [0.25, 0.3) is 0 Å². The summed E-state index contributed by atoms with van der Waals surface area (Å²) in [6.07, 6.45) is 5.59. The maximum Gasteiger partial charge on any atom is 0.225 e. The number of hydrogen-bond acceptors (Lipinski definition) is 3. The van der Waals surface area contributed by atoms with Gasteiger partial charge in [0.2, 0.25) is 5.91 Å². The molecule has 3 fully saturated rings. The molecule has 2 aliphatic carbocycles. The van der Waals surface area contributed by atoms with Gasteiger partial charge in [0.15, 0.2) is 11.6 Å². The molecule has 1 saturated heterocycles. The second-order valence-corrected chi connectivity index (χ2v) is 8.96. The highest BCUT2D eigenvalue weighted by molar-refractivity contribution is 5.81. The summed E-state index contributed by atoms with van der Waals surface area (Å²) < 4.78 is 18.7. The van der Waals surface area contributed by atoms with Gasteiger partial charge in [-0.25, -0.2) is 4.39 Å². The number of hydrogen-bond donors (Lipinski definition) is 1. The van der Waals surface area contributed by atoms with Crippen LogP contribution in [0.4, 0.5) is 4.39 Å². The number of ether oxygens (including phenoxy) is 1. The zero-order chi connectivity index (χ0) is 18.5. The van der Waals surface area contributed by atoms with Crippen molar-refractivity contribution >= 4 is 5.91 Å². The number of nitrogens with zero attached hydrogens (tertiary/aromatic N) is 1. The van der Waals surface area contributed by atoms with Gasteiger partial charge < -0.3 is 14.7 Å². The van der Waals surface area contributed by atoms with E-state index in [2.05, 4.69) is 0 Å². The third-order valence-electron chi connectivity index (χ3n) is 6.78. The number of benzene rings is 1. The lowest BCUT2D eigenvalue weighted by Gasteiger charge is -2.55. The van der Waals surface area contributed by atoms with E-state index >= 15 is 0 Å². The molecule has 0 bridgehead atoms. The highest BCUT2D eigenvalue weighted by Crippen LogP contribution is 2.50. The van der Waals surface area contributed by atoms with Crippen LogP contribution in [0.3, 0.4) is 0 Å². The highest BCUT2D eigenvalue weighted by atomic mass is 19.1. The van der Waals surface area contributed by atoms with Gasteiger partial charge in [-0.1, -0.05) is 6.07 Å². The summed E-state index contributed by atoms with van der Waals surface area (Å²) in [5.74, 6) is 0.700. The van der Waals surface area contributed by atoms with Gasteiger partial charge in [0.05, 0.1) is 12.7 Å². The number of halogens is 1. The van der Waals surface area contributed by atoms with Crippen LogP contribution in [0.15, 0.2) is 18.2 Å². The molecule has 1 amide bonds. The molecule has 142 valence electrons. The van der Waals surface area contributed by atoms with Crippen LogP contribution < -0.4 is 4.74 Å². The fraction of sp³-hybridized carbons (Fsp3) is 0.667. The van der Waals surface area contributed by atoms with E-state index in [9.17, 15) is 14.3 Å². The number of amides is 1. The standard InChI is InChI=1S/C21H28FNO3/c1-20(25)10-16(11-20)19(24)23-12-21(13-23)7-5-14(6-8-21)15-3-4-17(22)18(9-15)26-2/h3-4,9,14,16,25H,5-8,10-13H2,1-2H3. The van der Waals surface area contributed by atoms with Gasteiger partial charge in [-0.05, 0) is 69.1 Å². The molecule has 1 aromatic carbocycles. The zero-order valence-corrected chi connectivity index (χ0v) is 15.6. The summed E-state index contributed by atoms with van der Waals surface area (Å²) >= 11 is 0. The van der Waals surface area contributed by atoms with Gasteiger partial charge in [0.25, 0.3) is 0 Å². The van der Waals surface area contributed by atoms with Crippen LogP contribution in [-0.4, -0.2) is 41.7 Å². The first kappa shape index (κ1) is 17.8. The van der Waals surface area contributed by atoms with Crippen LogP contribution in [0.2, 0.25) is 0 Å². The maximum atomic E-state index is 13.6. The molecule has 1 heterocycles. The smallest absolute Gasteiger partial charge is 0.225 e. The van der Waals surface area contributed by atoms with E-state index in [1.54, 1.807) is 6.92 Å². The number of rotatable bonds is 3. The number of aliphatic hydroxyl groups is 1. The Morgan fingerprint density at radius 1 is 1.27 bits per heavy atom. The summed E-state index contributed by atoms with van der Waals surface area (Å²) in [6, 6.07) is 5.20. The first-order chi connectivity index (χ1) is 12.3. The Hall–Kier alpha value is -1.62. The maximum absolute atomic E-state index is 13.6. The Balaban J connectivity index is 1.30. The van der Waals surface area contributed by atoms with Gasteiger partial charge in [-0.3, -0.25) is 4.79 Å². The van der Waals surface area contributed by atoms with Crippen molar-refractivity contribution in [1.29, 1.82) is 0 Å². The second-order valence-electron chi connectivity index (χ2n) is 8.96.